The Hall–Kier alpha value is -1.14. The highest BCUT2D eigenvalue weighted by Gasteiger charge is 2.37. The molecule has 0 aromatic carbocycles. The molecular formula is C40H80N2O4. The number of hydrogen-bond acceptors (Lipinski definition) is 4. The molecule has 0 heterocycles. The van der Waals surface area contributed by atoms with Gasteiger partial charge < -0.3 is 19.3 Å². The Labute approximate surface area is 287 Å². The first-order valence-electron chi connectivity index (χ1n) is 20.0. The van der Waals surface area contributed by atoms with Crippen LogP contribution in [0.5, 0.6) is 0 Å². The van der Waals surface area contributed by atoms with E-state index in [4.69, 9.17) is 9.47 Å². The lowest BCUT2D eigenvalue weighted by Crippen LogP contribution is -2.51. The molecule has 0 unspecified atom stereocenters. The molecule has 0 radical (unpaired) electrons. The summed E-state index contributed by atoms with van der Waals surface area (Å²) in [5.41, 5.74) is 0. The zero-order chi connectivity index (χ0) is 34.1. The SMILES string of the molecule is CCCCCCCCCCCCCCCCO[C@@H](C(=O)N(C)C)[C@@H](OCCCCCCCCCCCCCCCC)C(=O)N(C)C. The van der Waals surface area contributed by atoms with Crippen LogP contribution in [0.2, 0.25) is 0 Å². The summed E-state index contributed by atoms with van der Waals surface area (Å²) in [6.07, 6.45) is 34.6. The molecule has 6 heteroatoms. The average Bonchev–Trinajstić information content (AvgIpc) is 3.04. The van der Waals surface area contributed by atoms with Crippen molar-refractivity contribution in [2.75, 3.05) is 41.4 Å². The van der Waals surface area contributed by atoms with Gasteiger partial charge in [0.05, 0.1) is 0 Å². The third-order valence-corrected chi connectivity index (χ3v) is 9.23. The van der Waals surface area contributed by atoms with Gasteiger partial charge in [-0.2, -0.15) is 0 Å². The molecule has 0 saturated heterocycles. The van der Waals surface area contributed by atoms with Crippen LogP contribution in [0.1, 0.15) is 194 Å². The largest absolute Gasteiger partial charge is 0.365 e. The van der Waals surface area contributed by atoms with Gasteiger partial charge in [-0.15, -0.1) is 0 Å². The molecule has 0 spiro atoms. The van der Waals surface area contributed by atoms with Crippen molar-refractivity contribution in [2.24, 2.45) is 0 Å². The highest BCUT2D eigenvalue weighted by atomic mass is 16.5. The van der Waals surface area contributed by atoms with E-state index in [0.29, 0.717) is 13.2 Å². The molecule has 0 fully saturated rings. The first kappa shape index (κ1) is 44.9. The fraction of sp³-hybridized carbons (Fsp3) is 0.950. The van der Waals surface area contributed by atoms with E-state index in [1.807, 2.05) is 0 Å². The van der Waals surface area contributed by atoms with Crippen molar-refractivity contribution in [3.63, 3.8) is 0 Å². The van der Waals surface area contributed by atoms with E-state index in [0.717, 1.165) is 25.7 Å². The molecule has 0 aromatic rings. The number of ether oxygens (including phenoxy) is 2. The number of carbonyl (C=O) groups excluding carboxylic acids is 2. The summed E-state index contributed by atoms with van der Waals surface area (Å²) >= 11 is 0. The summed E-state index contributed by atoms with van der Waals surface area (Å²) in [4.78, 5) is 29.2. The van der Waals surface area contributed by atoms with Crippen LogP contribution in [-0.4, -0.2) is 75.2 Å². The molecule has 2 amide bonds. The molecule has 0 aliphatic rings. The van der Waals surface area contributed by atoms with E-state index in [1.54, 1.807) is 28.2 Å². The highest BCUT2D eigenvalue weighted by Crippen LogP contribution is 2.17. The minimum atomic E-state index is -0.904. The number of hydrogen-bond donors (Lipinski definition) is 0. The molecule has 0 N–H and O–H groups in total. The lowest BCUT2D eigenvalue weighted by atomic mass is 10.0. The maximum atomic E-state index is 13.1. The Balaban J connectivity index is 4.25. The summed E-state index contributed by atoms with van der Waals surface area (Å²) < 4.78 is 12.2. The Morgan fingerprint density at radius 1 is 0.370 bits per heavy atom. The third-order valence-electron chi connectivity index (χ3n) is 9.23. The second kappa shape index (κ2) is 33.7. The van der Waals surface area contributed by atoms with Crippen molar-refractivity contribution in [2.45, 2.75) is 206 Å². The molecule has 0 aromatic heterocycles. The highest BCUT2D eigenvalue weighted by molar-refractivity contribution is 5.90. The molecular weight excluding hydrogens is 572 g/mol. The van der Waals surface area contributed by atoms with Crippen molar-refractivity contribution in [1.29, 1.82) is 0 Å². The molecule has 0 rings (SSSR count). The standard InChI is InChI=1S/C40H80N2O4/c1-7-9-11-13-15-17-19-21-23-25-27-29-31-33-35-45-37(39(43)41(3)4)38(40(44)42(5)6)46-36-34-32-30-28-26-24-22-20-18-16-14-12-10-8-2/h37-38H,7-36H2,1-6H3/t37-,38-/m1/s1. The van der Waals surface area contributed by atoms with Gasteiger partial charge in [-0.1, -0.05) is 181 Å². The van der Waals surface area contributed by atoms with Gasteiger partial charge in [0.1, 0.15) is 0 Å². The molecule has 46 heavy (non-hydrogen) atoms. The quantitative estimate of drug-likeness (QED) is 0.0639. The van der Waals surface area contributed by atoms with E-state index in [9.17, 15) is 9.59 Å². The average molecular weight is 653 g/mol. The Kier molecular flexibility index (Phi) is 32.9. The molecule has 2 atom stereocenters. The summed E-state index contributed by atoms with van der Waals surface area (Å²) in [7, 11) is 6.87. The summed E-state index contributed by atoms with van der Waals surface area (Å²) in [5, 5.41) is 0. The summed E-state index contributed by atoms with van der Waals surface area (Å²) in [6, 6.07) is 0. The molecule has 0 aliphatic carbocycles. The van der Waals surface area contributed by atoms with Crippen molar-refractivity contribution in [3.05, 3.63) is 0 Å². The van der Waals surface area contributed by atoms with Gasteiger partial charge in [-0.25, -0.2) is 0 Å². The van der Waals surface area contributed by atoms with Crippen molar-refractivity contribution in [3.8, 4) is 0 Å². The van der Waals surface area contributed by atoms with Gasteiger partial charge in [-0.05, 0) is 12.8 Å². The van der Waals surface area contributed by atoms with E-state index in [1.165, 1.54) is 164 Å². The maximum Gasteiger partial charge on any atom is 0.254 e. The van der Waals surface area contributed by atoms with Gasteiger partial charge in [-0.3, -0.25) is 9.59 Å². The fourth-order valence-electron chi connectivity index (χ4n) is 6.10. The number of nitrogens with zero attached hydrogens (tertiary/aromatic N) is 2. The second-order valence-electron chi connectivity index (χ2n) is 14.2. The number of unbranched alkanes of at least 4 members (excludes halogenated alkanes) is 26. The van der Waals surface area contributed by atoms with Gasteiger partial charge in [0, 0.05) is 41.4 Å². The summed E-state index contributed by atoms with van der Waals surface area (Å²) in [5.74, 6) is -0.405. The third kappa shape index (κ3) is 26.9. The van der Waals surface area contributed by atoms with E-state index in [-0.39, 0.29) is 11.8 Å². The van der Waals surface area contributed by atoms with Crippen LogP contribution in [0.3, 0.4) is 0 Å². The van der Waals surface area contributed by atoms with Crippen LogP contribution in [0.15, 0.2) is 0 Å². The van der Waals surface area contributed by atoms with Gasteiger partial charge in [0.15, 0.2) is 12.2 Å². The topological polar surface area (TPSA) is 59.1 Å². The Bertz CT molecular complexity index is 614. The zero-order valence-electron chi connectivity index (χ0n) is 31.9. The lowest BCUT2D eigenvalue weighted by molar-refractivity contribution is -0.166. The normalized spacial score (nSPS) is 12.7. The maximum absolute atomic E-state index is 13.1. The van der Waals surface area contributed by atoms with Crippen molar-refractivity contribution >= 4 is 11.8 Å². The van der Waals surface area contributed by atoms with Crippen molar-refractivity contribution < 1.29 is 19.1 Å². The zero-order valence-corrected chi connectivity index (χ0v) is 31.9. The number of amides is 2. The first-order chi connectivity index (χ1) is 22.4. The predicted molar refractivity (Wildman–Crippen MR) is 197 cm³/mol. The minimum absolute atomic E-state index is 0.202. The van der Waals surface area contributed by atoms with E-state index in [2.05, 4.69) is 13.8 Å². The Morgan fingerprint density at radius 3 is 0.761 bits per heavy atom. The van der Waals surface area contributed by atoms with Crippen molar-refractivity contribution in [1.82, 2.24) is 9.80 Å². The van der Waals surface area contributed by atoms with E-state index < -0.39 is 12.2 Å². The van der Waals surface area contributed by atoms with Gasteiger partial charge in [0.25, 0.3) is 11.8 Å². The van der Waals surface area contributed by atoms with Crippen LogP contribution >= 0.6 is 0 Å². The van der Waals surface area contributed by atoms with Gasteiger partial charge in [0.2, 0.25) is 0 Å². The fourth-order valence-corrected chi connectivity index (χ4v) is 6.10. The lowest BCUT2D eigenvalue weighted by Gasteiger charge is -2.29. The van der Waals surface area contributed by atoms with Crippen LogP contribution in [-0.2, 0) is 19.1 Å². The Morgan fingerprint density at radius 2 is 0.565 bits per heavy atom. The monoisotopic (exact) mass is 653 g/mol. The van der Waals surface area contributed by atoms with Crippen LogP contribution in [0.4, 0.5) is 0 Å². The van der Waals surface area contributed by atoms with Crippen LogP contribution < -0.4 is 0 Å². The molecule has 0 bridgehead atoms. The molecule has 274 valence electrons. The summed E-state index contributed by atoms with van der Waals surface area (Å²) in [6.45, 7) is 5.50. The minimum Gasteiger partial charge on any atom is -0.365 e. The van der Waals surface area contributed by atoms with Crippen LogP contribution in [0, 0.1) is 0 Å². The van der Waals surface area contributed by atoms with E-state index >= 15 is 0 Å². The van der Waals surface area contributed by atoms with Gasteiger partial charge >= 0.3 is 0 Å². The van der Waals surface area contributed by atoms with Crippen LogP contribution in [0.25, 0.3) is 0 Å². The second-order valence-corrected chi connectivity index (χ2v) is 14.2. The molecule has 6 nitrogen and oxygen atoms in total. The first-order valence-corrected chi connectivity index (χ1v) is 20.0. The predicted octanol–water partition coefficient (Wildman–Crippen LogP) is 10.9. The number of rotatable bonds is 35. The number of carbonyl (C=O) groups is 2. The number of likely N-dealkylation sites (N-methyl/N-ethyl adjacent to an activating group) is 2. The smallest absolute Gasteiger partial charge is 0.254 e. The molecule has 0 aliphatic heterocycles. The molecule has 0 saturated carbocycles.